The number of hydrogen-bond donors (Lipinski definition) is 1. The molecule has 0 radical (unpaired) electrons. The quantitative estimate of drug-likeness (QED) is 0.337. The van der Waals surface area contributed by atoms with Gasteiger partial charge in [0.05, 0.1) is 28.9 Å². The third-order valence-corrected chi connectivity index (χ3v) is 6.16. The Kier molecular flexibility index (Phi) is 6.41. The summed E-state index contributed by atoms with van der Waals surface area (Å²) >= 11 is 1.27. The first-order chi connectivity index (χ1) is 15.4. The van der Waals surface area contributed by atoms with E-state index in [-0.39, 0.29) is 17.5 Å². The van der Waals surface area contributed by atoms with Crippen molar-refractivity contribution in [2.45, 2.75) is 43.8 Å². The van der Waals surface area contributed by atoms with Crippen LogP contribution in [-0.4, -0.2) is 30.5 Å². The van der Waals surface area contributed by atoms with Crippen molar-refractivity contribution in [1.82, 2.24) is 19.3 Å². The van der Waals surface area contributed by atoms with Crippen molar-refractivity contribution >= 4 is 34.4 Å². The molecule has 32 heavy (non-hydrogen) atoms. The van der Waals surface area contributed by atoms with E-state index in [9.17, 15) is 9.59 Å². The molecule has 0 saturated carbocycles. The summed E-state index contributed by atoms with van der Waals surface area (Å²) in [5.74, 6) is 0.469. The van der Waals surface area contributed by atoms with Crippen LogP contribution in [0.1, 0.15) is 32.4 Å². The van der Waals surface area contributed by atoms with Crippen LogP contribution in [0.4, 0.5) is 5.82 Å². The van der Waals surface area contributed by atoms with Gasteiger partial charge in [0, 0.05) is 12.1 Å². The molecule has 0 spiro atoms. The van der Waals surface area contributed by atoms with Crippen LogP contribution in [0.25, 0.3) is 10.9 Å². The van der Waals surface area contributed by atoms with E-state index in [1.807, 2.05) is 69.3 Å². The fourth-order valence-corrected chi connectivity index (χ4v) is 4.32. The first-order valence-electron chi connectivity index (χ1n) is 10.5. The van der Waals surface area contributed by atoms with Crippen molar-refractivity contribution < 1.29 is 4.79 Å². The fourth-order valence-electron chi connectivity index (χ4n) is 3.41. The number of fused-ring (bicyclic) bond motifs is 1. The van der Waals surface area contributed by atoms with E-state index in [0.717, 1.165) is 5.56 Å². The number of nitrogens with one attached hydrogen (secondary N) is 1. The SMILES string of the molecule is CC(Sc1nc2ccccc2c(=O)n1Cc1ccccc1)C(=O)Nc1ccnn1C(C)C. The predicted molar refractivity (Wildman–Crippen MR) is 128 cm³/mol. The molecule has 0 aliphatic heterocycles. The van der Waals surface area contributed by atoms with Crippen LogP contribution < -0.4 is 10.9 Å². The zero-order chi connectivity index (χ0) is 22.7. The van der Waals surface area contributed by atoms with Gasteiger partial charge in [-0.15, -0.1) is 0 Å². The molecule has 2 aromatic carbocycles. The fraction of sp³-hybridized carbons (Fsp3) is 0.250. The molecule has 1 amide bonds. The maximum atomic E-state index is 13.3. The number of thioether (sulfide) groups is 1. The summed E-state index contributed by atoms with van der Waals surface area (Å²) in [5.41, 5.74) is 1.49. The van der Waals surface area contributed by atoms with E-state index >= 15 is 0 Å². The molecule has 0 bridgehead atoms. The Morgan fingerprint density at radius 2 is 1.75 bits per heavy atom. The van der Waals surface area contributed by atoms with Crippen LogP contribution in [0.2, 0.25) is 0 Å². The van der Waals surface area contributed by atoms with Gasteiger partial charge in [0.2, 0.25) is 5.91 Å². The highest BCUT2D eigenvalue weighted by Crippen LogP contribution is 2.25. The van der Waals surface area contributed by atoms with E-state index in [0.29, 0.717) is 28.4 Å². The number of carbonyl (C=O) groups is 1. The maximum Gasteiger partial charge on any atom is 0.262 e. The van der Waals surface area contributed by atoms with Gasteiger partial charge in [-0.25, -0.2) is 9.67 Å². The van der Waals surface area contributed by atoms with E-state index in [1.165, 1.54) is 11.8 Å². The van der Waals surface area contributed by atoms with Gasteiger partial charge in [-0.2, -0.15) is 5.10 Å². The lowest BCUT2D eigenvalue weighted by Crippen LogP contribution is -2.28. The molecule has 4 aromatic rings. The summed E-state index contributed by atoms with van der Waals surface area (Å²) in [6.07, 6.45) is 1.66. The van der Waals surface area contributed by atoms with Crippen molar-refractivity contribution in [3.63, 3.8) is 0 Å². The van der Waals surface area contributed by atoms with Crippen molar-refractivity contribution in [1.29, 1.82) is 0 Å². The summed E-state index contributed by atoms with van der Waals surface area (Å²) in [6, 6.07) is 18.9. The average Bonchev–Trinajstić information content (AvgIpc) is 3.25. The van der Waals surface area contributed by atoms with E-state index < -0.39 is 5.25 Å². The molecule has 0 aliphatic carbocycles. The third kappa shape index (κ3) is 4.60. The van der Waals surface area contributed by atoms with Crippen molar-refractivity contribution in [3.05, 3.63) is 82.8 Å². The van der Waals surface area contributed by atoms with Gasteiger partial charge in [-0.1, -0.05) is 54.2 Å². The van der Waals surface area contributed by atoms with Crippen LogP contribution in [0.5, 0.6) is 0 Å². The van der Waals surface area contributed by atoms with Crippen LogP contribution in [-0.2, 0) is 11.3 Å². The average molecular weight is 448 g/mol. The van der Waals surface area contributed by atoms with Crippen LogP contribution in [0, 0.1) is 0 Å². The van der Waals surface area contributed by atoms with Gasteiger partial charge in [0.25, 0.3) is 5.56 Å². The Labute approximate surface area is 190 Å². The molecular weight excluding hydrogens is 422 g/mol. The molecular formula is C24H25N5O2S. The standard InChI is InChI=1S/C24H25N5O2S/c1-16(2)29-21(13-14-25-29)27-22(30)17(3)32-24-26-20-12-8-7-11-19(20)23(31)28(24)15-18-9-5-4-6-10-18/h4-14,16-17H,15H2,1-3H3,(H,27,30). The smallest absolute Gasteiger partial charge is 0.262 e. The molecule has 0 aliphatic rings. The number of amides is 1. The lowest BCUT2D eigenvalue weighted by molar-refractivity contribution is -0.115. The second-order valence-corrected chi connectivity index (χ2v) is 9.10. The van der Waals surface area contributed by atoms with E-state index in [2.05, 4.69) is 10.4 Å². The van der Waals surface area contributed by atoms with Crippen molar-refractivity contribution in [3.8, 4) is 0 Å². The number of anilines is 1. The van der Waals surface area contributed by atoms with Gasteiger partial charge in [-0.3, -0.25) is 14.2 Å². The lowest BCUT2D eigenvalue weighted by atomic mass is 10.2. The van der Waals surface area contributed by atoms with Gasteiger partial charge in [0.15, 0.2) is 5.16 Å². The van der Waals surface area contributed by atoms with Gasteiger partial charge < -0.3 is 5.32 Å². The second kappa shape index (κ2) is 9.40. The summed E-state index contributed by atoms with van der Waals surface area (Å²) in [6.45, 7) is 6.20. The first kappa shape index (κ1) is 21.8. The minimum Gasteiger partial charge on any atom is -0.310 e. The van der Waals surface area contributed by atoms with E-state index in [1.54, 1.807) is 27.6 Å². The molecule has 0 saturated heterocycles. The molecule has 0 fully saturated rings. The first-order valence-corrected chi connectivity index (χ1v) is 11.4. The van der Waals surface area contributed by atoms with Crippen molar-refractivity contribution in [2.75, 3.05) is 5.32 Å². The minimum atomic E-state index is -0.472. The number of nitrogens with zero attached hydrogens (tertiary/aromatic N) is 4. The third-order valence-electron chi connectivity index (χ3n) is 5.07. The highest BCUT2D eigenvalue weighted by atomic mass is 32.2. The molecule has 2 heterocycles. The predicted octanol–water partition coefficient (Wildman–Crippen LogP) is 4.34. The summed E-state index contributed by atoms with van der Waals surface area (Å²) in [4.78, 5) is 30.9. The molecule has 7 nitrogen and oxygen atoms in total. The monoisotopic (exact) mass is 447 g/mol. The molecule has 164 valence electrons. The molecule has 1 N–H and O–H groups in total. The van der Waals surface area contributed by atoms with Gasteiger partial charge >= 0.3 is 0 Å². The highest BCUT2D eigenvalue weighted by Gasteiger charge is 2.21. The number of carbonyl (C=O) groups excluding carboxylic acids is 1. The largest absolute Gasteiger partial charge is 0.310 e. The highest BCUT2D eigenvalue weighted by molar-refractivity contribution is 8.00. The van der Waals surface area contributed by atoms with Gasteiger partial charge in [0.1, 0.15) is 5.82 Å². The summed E-state index contributed by atoms with van der Waals surface area (Å²) in [7, 11) is 0. The Hall–Kier alpha value is -3.39. The number of aromatic nitrogens is 4. The van der Waals surface area contributed by atoms with Crippen LogP contribution in [0.15, 0.2) is 76.8 Å². The summed E-state index contributed by atoms with van der Waals surface area (Å²) in [5, 5.41) is 7.80. The van der Waals surface area contributed by atoms with Crippen LogP contribution >= 0.6 is 11.8 Å². The van der Waals surface area contributed by atoms with E-state index in [4.69, 9.17) is 4.98 Å². The molecule has 4 rings (SSSR count). The Morgan fingerprint density at radius 3 is 2.50 bits per heavy atom. The number of hydrogen-bond acceptors (Lipinski definition) is 5. The number of para-hydroxylation sites is 1. The van der Waals surface area contributed by atoms with Crippen molar-refractivity contribution in [2.24, 2.45) is 0 Å². The topological polar surface area (TPSA) is 81.8 Å². The maximum absolute atomic E-state index is 13.3. The second-order valence-electron chi connectivity index (χ2n) is 7.79. The molecule has 8 heteroatoms. The Balaban J connectivity index is 1.65. The Morgan fingerprint density at radius 1 is 1.03 bits per heavy atom. The molecule has 1 unspecified atom stereocenters. The Bertz CT molecular complexity index is 1300. The van der Waals surface area contributed by atoms with Gasteiger partial charge in [-0.05, 0) is 38.5 Å². The minimum absolute atomic E-state index is 0.118. The zero-order valence-corrected chi connectivity index (χ0v) is 19.0. The zero-order valence-electron chi connectivity index (χ0n) is 18.2. The normalized spacial score (nSPS) is 12.2. The number of benzene rings is 2. The molecule has 2 aromatic heterocycles. The van der Waals surface area contributed by atoms with Crippen LogP contribution in [0.3, 0.4) is 0 Å². The number of rotatable bonds is 7. The lowest BCUT2D eigenvalue weighted by Gasteiger charge is -2.17. The molecule has 1 atom stereocenters. The summed E-state index contributed by atoms with van der Waals surface area (Å²) < 4.78 is 3.40.